The summed E-state index contributed by atoms with van der Waals surface area (Å²) >= 11 is 1.29. The number of hydrogen-bond donors (Lipinski definition) is 2. The summed E-state index contributed by atoms with van der Waals surface area (Å²) in [6.07, 6.45) is 1.43. The zero-order chi connectivity index (χ0) is 13.1. The predicted molar refractivity (Wildman–Crippen MR) is 67.1 cm³/mol. The number of nitrogens with one attached hydrogen (secondary N) is 1. The van der Waals surface area contributed by atoms with Crippen molar-refractivity contribution in [2.75, 3.05) is 0 Å². The topological polar surface area (TPSA) is 83.0 Å². The SMILES string of the molecule is Cc1cc(C(=O)O)ccc1Sc1nccc(=O)[nH]1. The van der Waals surface area contributed by atoms with E-state index in [9.17, 15) is 9.59 Å². The van der Waals surface area contributed by atoms with Crippen molar-refractivity contribution in [1.29, 1.82) is 0 Å². The van der Waals surface area contributed by atoms with E-state index in [1.165, 1.54) is 30.1 Å². The monoisotopic (exact) mass is 262 g/mol. The third kappa shape index (κ3) is 2.78. The van der Waals surface area contributed by atoms with Crippen molar-refractivity contribution in [3.63, 3.8) is 0 Å². The Kier molecular flexibility index (Phi) is 3.47. The maximum Gasteiger partial charge on any atom is 0.335 e. The molecule has 0 spiro atoms. The maximum absolute atomic E-state index is 11.1. The molecule has 0 saturated heterocycles. The van der Waals surface area contributed by atoms with Crippen LogP contribution < -0.4 is 5.56 Å². The predicted octanol–water partition coefficient (Wildman–Crippen LogP) is 1.93. The first-order chi connectivity index (χ1) is 8.56. The van der Waals surface area contributed by atoms with Gasteiger partial charge in [-0.25, -0.2) is 9.78 Å². The molecule has 1 aromatic carbocycles. The molecule has 2 aromatic rings. The van der Waals surface area contributed by atoms with Gasteiger partial charge in [0.2, 0.25) is 0 Å². The first kappa shape index (κ1) is 12.4. The maximum atomic E-state index is 11.1. The molecule has 2 rings (SSSR count). The number of nitrogens with zero attached hydrogens (tertiary/aromatic N) is 1. The first-order valence-corrected chi connectivity index (χ1v) is 5.95. The Morgan fingerprint density at radius 3 is 2.78 bits per heavy atom. The third-order valence-corrected chi connectivity index (χ3v) is 3.36. The summed E-state index contributed by atoms with van der Waals surface area (Å²) in [7, 11) is 0. The van der Waals surface area contributed by atoms with Gasteiger partial charge in [-0.05, 0) is 30.7 Å². The van der Waals surface area contributed by atoms with Crippen molar-refractivity contribution in [2.45, 2.75) is 17.0 Å². The fourth-order valence-corrected chi connectivity index (χ4v) is 2.23. The highest BCUT2D eigenvalue weighted by Crippen LogP contribution is 2.27. The van der Waals surface area contributed by atoms with Crippen molar-refractivity contribution in [3.05, 3.63) is 51.9 Å². The zero-order valence-corrected chi connectivity index (χ0v) is 10.3. The Morgan fingerprint density at radius 1 is 1.39 bits per heavy atom. The second-order valence-electron chi connectivity index (χ2n) is 3.63. The molecule has 0 atom stereocenters. The molecule has 92 valence electrons. The second-order valence-corrected chi connectivity index (χ2v) is 4.66. The van der Waals surface area contributed by atoms with E-state index in [0.29, 0.717) is 5.16 Å². The fraction of sp³-hybridized carbons (Fsp3) is 0.0833. The molecule has 0 saturated carbocycles. The van der Waals surface area contributed by atoms with Crippen molar-refractivity contribution >= 4 is 17.7 Å². The summed E-state index contributed by atoms with van der Waals surface area (Å²) < 4.78 is 0. The normalized spacial score (nSPS) is 10.3. The Labute approximate surface area is 107 Å². The number of carbonyl (C=O) groups is 1. The minimum Gasteiger partial charge on any atom is -0.478 e. The summed E-state index contributed by atoms with van der Waals surface area (Å²) in [4.78, 5) is 29.4. The number of rotatable bonds is 3. The summed E-state index contributed by atoms with van der Waals surface area (Å²) in [5.74, 6) is -0.958. The average Bonchev–Trinajstić information content (AvgIpc) is 2.31. The van der Waals surface area contributed by atoms with E-state index in [2.05, 4.69) is 9.97 Å². The van der Waals surface area contributed by atoms with Gasteiger partial charge < -0.3 is 10.1 Å². The highest BCUT2D eigenvalue weighted by atomic mass is 32.2. The van der Waals surface area contributed by atoms with Crippen LogP contribution in [0.1, 0.15) is 15.9 Å². The van der Waals surface area contributed by atoms with Gasteiger partial charge in [-0.3, -0.25) is 4.79 Å². The van der Waals surface area contributed by atoms with Gasteiger partial charge in [-0.2, -0.15) is 0 Å². The van der Waals surface area contributed by atoms with Gasteiger partial charge in [-0.15, -0.1) is 0 Å². The molecule has 0 fully saturated rings. The van der Waals surface area contributed by atoms with Crippen LogP contribution in [0.5, 0.6) is 0 Å². The van der Waals surface area contributed by atoms with E-state index in [-0.39, 0.29) is 11.1 Å². The number of aromatic carboxylic acids is 1. The standard InChI is InChI=1S/C12H10N2O3S/c1-7-6-8(11(16)17)2-3-9(7)18-12-13-5-4-10(15)14-12/h2-6H,1H3,(H,16,17)(H,13,14,15). The number of aromatic nitrogens is 2. The van der Waals surface area contributed by atoms with Crippen LogP contribution in [-0.4, -0.2) is 21.0 Å². The first-order valence-electron chi connectivity index (χ1n) is 5.13. The van der Waals surface area contributed by atoms with E-state index < -0.39 is 5.97 Å². The van der Waals surface area contributed by atoms with Gasteiger partial charge in [0, 0.05) is 17.2 Å². The Morgan fingerprint density at radius 2 is 2.17 bits per heavy atom. The number of aromatic amines is 1. The molecule has 0 bridgehead atoms. The number of H-pyrrole nitrogens is 1. The number of carboxylic acid groups (broad SMARTS) is 1. The fourth-order valence-electron chi connectivity index (χ4n) is 1.40. The third-order valence-electron chi connectivity index (χ3n) is 2.28. The van der Waals surface area contributed by atoms with Crippen LogP contribution in [0.25, 0.3) is 0 Å². The number of benzene rings is 1. The van der Waals surface area contributed by atoms with Gasteiger partial charge in [-0.1, -0.05) is 11.8 Å². The molecule has 5 nitrogen and oxygen atoms in total. The van der Waals surface area contributed by atoms with Crippen LogP contribution in [0.4, 0.5) is 0 Å². The zero-order valence-electron chi connectivity index (χ0n) is 9.51. The van der Waals surface area contributed by atoms with Gasteiger partial charge in [0.05, 0.1) is 5.56 Å². The quantitative estimate of drug-likeness (QED) is 0.826. The van der Waals surface area contributed by atoms with E-state index in [4.69, 9.17) is 5.11 Å². The molecule has 6 heteroatoms. The van der Waals surface area contributed by atoms with Gasteiger partial charge in [0.1, 0.15) is 0 Å². The highest BCUT2D eigenvalue weighted by molar-refractivity contribution is 7.99. The Balaban J connectivity index is 2.30. The molecule has 0 aliphatic rings. The van der Waals surface area contributed by atoms with Crippen molar-refractivity contribution in [3.8, 4) is 0 Å². The molecule has 1 heterocycles. The van der Waals surface area contributed by atoms with Crippen LogP contribution in [0, 0.1) is 6.92 Å². The van der Waals surface area contributed by atoms with Crippen LogP contribution in [-0.2, 0) is 0 Å². The largest absolute Gasteiger partial charge is 0.478 e. The van der Waals surface area contributed by atoms with Crippen molar-refractivity contribution < 1.29 is 9.90 Å². The summed E-state index contributed by atoms with van der Waals surface area (Å²) in [5.41, 5.74) is 0.852. The van der Waals surface area contributed by atoms with Crippen molar-refractivity contribution in [2.24, 2.45) is 0 Å². The molecule has 0 aliphatic carbocycles. The summed E-state index contributed by atoms with van der Waals surface area (Å²) in [5, 5.41) is 9.34. The van der Waals surface area contributed by atoms with Crippen LogP contribution in [0.3, 0.4) is 0 Å². The van der Waals surface area contributed by atoms with Crippen molar-refractivity contribution in [1.82, 2.24) is 9.97 Å². The number of aryl methyl sites for hydroxylation is 1. The lowest BCUT2D eigenvalue weighted by Crippen LogP contribution is -2.05. The molecule has 0 unspecified atom stereocenters. The Bertz CT molecular complexity index is 652. The molecule has 1 aromatic heterocycles. The van der Waals surface area contributed by atoms with E-state index in [1.54, 1.807) is 12.1 Å². The molecule has 2 N–H and O–H groups in total. The lowest BCUT2D eigenvalue weighted by atomic mass is 10.1. The minimum atomic E-state index is -0.958. The van der Waals surface area contributed by atoms with Gasteiger partial charge >= 0.3 is 5.97 Å². The lowest BCUT2D eigenvalue weighted by Gasteiger charge is -2.05. The molecular formula is C12H10N2O3S. The van der Waals surface area contributed by atoms with Crippen LogP contribution in [0.2, 0.25) is 0 Å². The highest BCUT2D eigenvalue weighted by Gasteiger charge is 2.07. The van der Waals surface area contributed by atoms with E-state index in [0.717, 1.165) is 10.5 Å². The lowest BCUT2D eigenvalue weighted by molar-refractivity contribution is 0.0696. The molecular weight excluding hydrogens is 252 g/mol. The molecule has 0 radical (unpaired) electrons. The number of carboxylic acids is 1. The Hall–Kier alpha value is -2.08. The molecule has 18 heavy (non-hydrogen) atoms. The van der Waals surface area contributed by atoms with Crippen LogP contribution in [0.15, 0.2) is 45.3 Å². The number of hydrogen-bond acceptors (Lipinski definition) is 4. The second kappa shape index (κ2) is 5.05. The van der Waals surface area contributed by atoms with E-state index >= 15 is 0 Å². The smallest absolute Gasteiger partial charge is 0.335 e. The molecule has 0 amide bonds. The average molecular weight is 262 g/mol. The minimum absolute atomic E-state index is 0.215. The summed E-state index contributed by atoms with van der Waals surface area (Å²) in [6, 6.07) is 6.16. The van der Waals surface area contributed by atoms with Crippen LogP contribution >= 0.6 is 11.8 Å². The van der Waals surface area contributed by atoms with E-state index in [1.807, 2.05) is 6.92 Å². The van der Waals surface area contributed by atoms with Gasteiger partial charge in [0.25, 0.3) is 5.56 Å². The summed E-state index contributed by atoms with van der Waals surface area (Å²) in [6.45, 7) is 1.82. The molecule has 0 aliphatic heterocycles. The van der Waals surface area contributed by atoms with Gasteiger partial charge in [0.15, 0.2) is 5.16 Å².